The smallest absolute Gasteiger partial charge is 0.289 e. The fourth-order valence-corrected chi connectivity index (χ4v) is 4.81. The van der Waals surface area contributed by atoms with Gasteiger partial charge in [0.25, 0.3) is 5.69 Å². The van der Waals surface area contributed by atoms with E-state index in [1.807, 2.05) is 24.3 Å². The molecule has 0 aliphatic carbocycles. The van der Waals surface area contributed by atoms with Crippen molar-refractivity contribution in [3.63, 3.8) is 0 Å². The van der Waals surface area contributed by atoms with Gasteiger partial charge in [0.15, 0.2) is 4.90 Å². The van der Waals surface area contributed by atoms with Crippen molar-refractivity contribution in [3.05, 3.63) is 68.8 Å². The van der Waals surface area contributed by atoms with Gasteiger partial charge in [0.2, 0.25) is 10.0 Å². The molecule has 0 saturated carbocycles. The number of nitro benzene ring substituents is 1. The van der Waals surface area contributed by atoms with Crippen molar-refractivity contribution in [3.8, 4) is 0 Å². The van der Waals surface area contributed by atoms with E-state index < -0.39 is 20.6 Å². The lowest BCUT2D eigenvalue weighted by Crippen LogP contribution is -2.39. The summed E-state index contributed by atoms with van der Waals surface area (Å²) in [6, 6.07) is 10.5. The van der Waals surface area contributed by atoms with E-state index in [-0.39, 0.29) is 17.5 Å². The average Bonchev–Trinajstić information content (AvgIpc) is 2.61. The molecule has 1 aliphatic heterocycles. The van der Waals surface area contributed by atoms with Crippen molar-refractivity contribution in [1.29, 1.82) is 0 Å². The van der Waals surface area contributed by atoms with E-state index in [4.69, 9.17) is 0 Å². The van der Waals surface area contributed by atoms with Crippen molar-refractivity contribution in [2.75, 3.05) is 13.1 Å². The van der Waals surface area contributed by atoms with Crippen molar-refractivity contribution >= 4 is 15.7 Å². The van der Waals surface area contributed by atoms with Crippen LogP contribution in [0.3, 0.4) is 0 Å². The molecule has 8 heteroatoms. The zero-order chi connectivity index (χ0) is 18.9. The summed E-state index contributed by atoms with van der Waals surface area (Å²) < 4.78 is 28.2. The van der Waals surface area contributed by atoms with E-state index in [0.29, 0.717) is 11.1 Å². The zero-order valence-corrected chi connectivity index (χ0v) is 15.5. The quantitative estimate of drug-likeness (QED) is 0.617. The lowest BCUT2D eigenvalue weighted by molar-refractivity contribution is -0.387. The number of nitrogens with zero attached hydrogens (tertiary/aromatic N) is 1. The van der Waals surface area contributed by atoms with Crippen LogP contribution in [0.4, 0.5) is 5.69 Å². The highest BCUT2D eigenvalue weighted by Crippen LogP contribution is 2.30. The summed E-state index contributed by atoms with van der Waals surface area (Å²) >= 11 is 0. The highest BCUT2D eigenvalue weighted by molar-refractivity contribution is 7.89. The molecule has 26 heavy (non-hydrogen) atoms. The molecule has 1 heterocycles. The lowest BCUT2D eigenvalue weighted by atomic mass is 9.95. The number of aryl methyl sites for hydroxylation is 1. The molecular formula is C18H21N3O4S. The SMILES string of the molecule is Cc1ccc([N+](=O)[O-])c(S(=O)(=O)NCC2NCCc3ccccc32)c1C. The minimum Gasteiger partial charge on any atom is -0.308 e. The van der Waals surface area contributed by atoms with Gasteiger partial charge >= 0.3 is 0 Å². The van der Waals surface area contributed by atoms with Gasteiger partial charge in [-0.25, -0.2) is 13.1 Å². The number of hydrogen-bond donors (Lipinski definition) is 2. The zero-order valence-electron chi connectivity index (χ0n) is 14.7. The van der Waals surface area contributed by atoms with Crippen LogP contribution in [0, 0.1) is 24.0 Å². The first kappa shape index (κ1) is 18.5. The normalized spacial score (nSPS) is 16.9. The Balaban J connectivity index is 1.90. The van der Waals surface area contributed by atoms with Gasteiger partial charge in [-0.2, -0.15) is 0 Å². The van der Waals surface area contributed by atoms with Crippen LogP contribution in [0.2, 0.25) is 0 Å². The molecule has 138 valence electrons. The number of hydrogen-bond acceptors (Lipinski definition) is 5. The van der Waals surface area contributed by atoms with E-state index >= 15 is 0 Å². The number of nitrogens with one attached hydrogen (secondary N) is 2. The third-order valence-electron chi connectivity index (χ3n) is 4.81. The number of fused-ring (bicyclic) bond motifs is 1. The van der Waals surface area contributed by atoms with Crippen LogP contribution < -0.4 is 10.0 Å². The molecule has 0 fully saturated rings. The van der Waals surface area contributed by atoms with E-state index in [2.05, 4.69) is 10.0 Å². The first-order valence-corrected chi connectivity index (χ1v) is 9.85. The summed E-state index contributed by atoms with van der Waals surface area (Å²) in [5.41, 5.74) is 2.92. The molecule has 7 nitrogen and oxygen atoms in total. The summed E-state index contributed by atoms with van der Waals surface area (Å²) in [4.78, 5) is 10.4. The van der Waals surface area contributed by atoms with Gasteiger partial charge in [-0.3, -0.25) is 10.1 Å². The van der Waals surface area contributed by atoms with Crippen LogP contribution in [-0.2, 0) is 16.4 Å². The van der Waals surface area contributed by atoms with Gasteiger partial charge in [0, 0.05) is 18.7 Å². The maximum absolute atomic E-state index is 12.8. The lowest BCUT2D eigenvalue weighted by Gasteiger charge is -2.27. The molecule has 0 aromatic heterocycles. The Bertz CT molecular complexity index is 957. The van der Waals surface area contributed by atoms with Crippen LogP contribution >= 0.6 is 0 Å². The van der Waals surface area contributed by atoms with Crippen molar-refractivity contribution in [2.45, 2.75) is 31.2 Å². The predicted molar refractivity (Wildman–Crippen MR) is 98.6 cm³/mol. The van der Waals surface area contributed by atoms with Gasteiger partial charge in [-0.1, -0.05) is 30.3 Å². The van der Waals surface area contributed by atoms with Gasteiger partial charge in [-0.05, 0) is 49.1 Å². The second-order valence-corrected chi connectivity index (χ2v) is 8.12. The molecule has 2 aromatic carbocycles. The molecule has 0 radical (unpaired) electrons. The maximum Gasteiger partial charge on any atom is 0.289 e. The third kappa shape index (κ3) is 3.48. The molecule has 3 rings (SSSR count). The highest BCUT2D eigenvalue weighted by atomic mass is 32.2. The number of sulfonamides is 1. The van der Waals surface area contributed by atoms with E-state index in [0.717, 1.165) is 18.5 Å². The van der Waals surface area contributed by atoms with Crippen LogP contribution in [0.15, 0.2) is 41.3 Å². The molecule has 2 N–H and O–H groups in total. The molecule has 1 unspecified atom stereocenters. The summed E-state index contributed by atoms with van der Waals surface area (Å²) in [5.74, 6) is 0. The Kier molecular flexibility index (Phi) is 5.08. The first-order chi connectivity index (χ1) is 12.3. The van der Waals surface area contributed by atoms with Crippen LogP contribution in [0.25, 0.3) is 0 Å². The molecule has 0 saturated heterocycles. The summed E-state index contributed by atoms with van der Waals surface area (Å²) in [6.07, 6.45) is 0.891. The Labute approximate surface area is 152 Å². The summed E-state index contributed by atoms with van der Waals surface area (Å²) in [5, 5.41) is 14.6. The van der Waals surface area contributed by atoms with E-state index in [1.54, 1.807) is 19.9 Å². The standard InChI is InChI=1S/C18H21N3O4S/c1-12-7-8-17(21(22)23)18(13(12)2)26(24,25)20-11-16-15-6-4-3-5-14(15)9-10-19-16/h3-8,16,19-20H,9-11H2,1-2H3. The Morgan fingerprint density at radius 3 is 2.69 bits per heavy atom. The minimum absolute atomic E-state index is 0.129. The number of benzene rings is 2. The first-order valence-electron chi connectivity index (χ1n) is 8.36. The molecule has 0 amide bonds. The average molecular weight is 375 g/mol. The maximum atomic E-state index is 12.8. The van der Waals surface area contributed by atoms with Crippen LogP contribution in [0.1, 0.15) is 28.3 Å². The third-order valence-corrected chi connectivity index (χ3v) is 6.41. The topological polar surface area (TPSA) is 101 Å². The van der Waals surface area contributed by atoms with Gasteiger partial charge in [-0.15, -0.1) is 0 Å². The minimum atomic E-state index is -4.02. The Morgan fingerprint density at radius 1 is 1.23 bits per heavy atom. The van der Waals surface area contributed by atoms with E-state index in [9.17, 15) is 18.5 Å². The summed E-state index contributed by atoms with van der Waals surface area (Å²) in [7, 11) is -4.02. The largest absolute Gasteiger partial charge is 0.308 e. The summed E-state index contributed by atoms with van der Waals surface area (Å²) in [6.45, 7) is 4.21. The predicted octanol–water partition coefficient (Wildman–Crippen LogP) is 2.38. The fourth-order valence-electron chi connectivity index (χ4n) is 3.30. The van der Waals surface area contributed by atoms with Crippen molar-refractivity contribution in [2.24, 2.45) is 0 Å². The molecule has 0 bridgehead atoms. The van der Waals surface area contributed by atoms with E-state index in [1.165, 1.54) is 11.6 Å². The molecular weight excluding hydrogens is 354 g/mol. The van der Waals surface area contributed by atoms with Gasteiger partial charge < -0.3 is 5.32 Å². The molecule has 2 aromatic rings. The second-order valence-electron chi connectivity index (χ2n) is 6.42. The van der Waals surface area contributed by atoms with Crippen molar-refractivity contribution in [1.82, 2.24) is 10.0 Å². The molecule has 0 spiro atoms. The fraction of sp³-hybridized carbons (Fsp3) is 0.333. The number of rotatable bonds is 5. The van der Waals surface area contributed by atoms with Crippen LogP contribution in [0.5, 0.6) is 0 Å². The molecule has 1 atom stereocenters. The Hall–Kier alpha value is -2.29. The monoisotopic (exact) mass is 375 g/mol. The van der Waals surface area contributed by atoms with Crippen molar-refractivity contribution < 1.29 is 13.3 Å². The van der Waals surface area contributed by atoms with Crippen LogP contribution in [-0.4, -0.2) is 26.4 Å². The number of nitro groups is 1. The second kappa shape index (κ2) is 7.14. The van der Waals surface area contributed by atoms with Gasteiger partial charge in [0.05, 0.1) is 4.92 Å². The van der Waals surface area contributed by atoms with Gasteiger partial charge in [0.1, 0.15) is 0 Å². The highest BCUT2D eigenvalue weighted by Gasteiger charge is 2.30. The Morgan fingerprint density at radius 2 is 1.96 bits per heavy atom. The molecule has 1 aliphatic rings.